The molecule has 1 N–H and O–H groups in total. The van der Waals surface area contributed by atoms with E-state index in [1.807, 2.05) is 6.92 Å². The number of thiophene rings is 1. The first-order valence-corrected chi connectivity index (χ1v) is 6.84. The second-order valence-corrected chi connectivity index (χ2v) is 6.45. The Labute approximate surface area is 107 Å². The Morgan fingerprint density at radius 3 is 2.76 bits per heavy atom. The number of thioether (sulfide) groups is 1. The molecular formula is C11H12N2O2S2. The van der Waals surface area contributed by atoms with Crippen molar-refractivity contribution in [2.24, 2.45) is 0 Å². The van der Waals surface area contributed by atoms with Crippen LogP contribution in [0.25, 0.3) is 10.2 Å². The van der Waals surface area contributed by atoms with E-state index in [4.69, 9.17) is 5.11 Å². The Balaban J connectivity index is 2.66. The van der Waals surface area contributed by atoms with Crippen LogP contribution in [0.4, 0.5) is 0 Å². The third-order valence-corrected chi connectivity index (χ3v) is 4.43. The number of aryl methyl sites for hydroxylation is 1. The summed E-state index contributed by atoms with van der Waals surface area (Å²) in [5, 5.41) is 11.2. The van der Waals surface area contributed by atoms with Gasteiger partial charge in [-0.15, -0.1) is 23.1 Å². The van der Waals surface area contributed by atoms with Crippen molar-refractivity contribution in [2.45, 2.75) is 31.0 Å². The lowest BCUT2D eigenvalue weighted by atomic mass is 10.2. The Kier molecular flexibility index (Phi) is 3.35. The number of aromatic nitrogens is 2. The normalized spacial score (nSPS) is 11.3. The summed E-state index contributed by atoms with van der Waals surface area (Å²) in [7, 11) is 0. The molecule has 0 amide bonds. The standard InChI is InChI=1S/C11H12N2O2S2/c1-5(2)16-9-7-6(3)8(11(14)15)17-10(7)13-4-12-9/h4-5H,1-3H3,(H,14,15). The second-order valence-electron chi connectivity index (χ2n) is 3.89. The molecule has 0 atom stereocenters. The van der Waals surface area contributed by atoms with Crippen LogP contribution in [0.1, 0.15) is 29.1 Å². The summed E-state index contributed by atoms with van der Waals surface area (Å²) in [6.07, 6.45) is 1.49. The first-order valence-electron chi connectivity index (χ1n) is 5.14. The topological polar surface area (TPSA) is 63.1 Å². The lowest BCUT2D eigenvalue weighted by molar-refractivity contribution is 0.0701. The largest absolute Gasteiger partial charge is 0.477 e. The predicted molar refractivity (Wildman–Crippen MR) is 70.1 cm³/mol. The van der Waals surface area contributed by atoms with Crippen LogP contribution in [0, 0.1) is 6.92 Å². The van der Waals surface area contributed by atoms with E-state index in [1.54, 1.807) is 11.8 Å². The molecule has 0 radical (unpaired) electrons. The van der Waals surface area contributed by atoms with E-state index in [2.05, 4.69) is 23.8 Å². The summed E-state index contributed by atoms with van der Waals surface area (Å²) in [6, 6.07) is 0. The highest BCUT2D eigenvalue weighted by Crippen LogP contribution is 2.36. The van der Waals surface area contributed by atoms with Crippen LogP contribution in [-0.2, 0) is 0 Å². The van der Waals surface area contributed by atoms with Gasteiger partial charge in [0.05, 0.1) is 0 Å². The van der Waals surface area contributed by atoms with E-state index in [0.717, 1.165) is 20.8 Å². The van der Waals surface area contributed by atoms with Crippen molar-refractivity contribution in [2.75, 3.05) is 0 Å². The van der Waals surface area contributed by atoms with Crippen molar-refractivity contribution in [3.05, 3.63) is 16.8 Å². The van der Waals surface area contributed by atoms with Crippen LogP contribution in [-0.4, -0.2) is 26.3 Å². The fraction of sp³-hybridized carbons (Fsp3) is 0.364. The first-order chi connectivity index (χ1) is 8.00. The molecule has 0 saturated carbocycles. The monoisotopic (exact) mass is 268 g/mol. The average molecular weight is 268 g/mol. The predicted octanol–water partition coefficient (Wildman–Crippen LogP) is 3.20. The molecule has 0 spiro atoms. The van der Waals surface area contributed by atoms with E-state index in [-0.39, 0.29) is 0 Å². The molecule has 6 heteroatoms. The molecule has 2 aromatic heterocycles. The third-order valence-electron chi connectivity index (χ3n) is 2.23. The molecule has 17 heavy (non-hydrogen) atoms. The van der Waals surface area contributed by atoms with Crippen LogP contribution < -0.4 is 0 Å². The lowest BCUT2D eigenvalue weighted by Crippen LogP contribution is -1.95. The maximum atomic E-state index is 11.1. The van der Waals surface area contributed by atoms with Gasteiger partial charge in [0, 0.05) is 10.6 Å². The molecule has 0 saturated heterocycles. The Morgan fingerprint density at radius 2 is 2.18 bits per heavy atom. The number of aromatic carboxylic acids is 1. The fourth-order valence-electron chi connectivity index (χ4n) is 1.56. The highest BCUT2D eigenvalue weighted by Gasteiger charge is 2.18. The van der Waals surface area contributed by atoms with Gasteiger partial charge < -0.3 is 5.11 Å². The van der Waals surface area contributed by atoms with Gasteiger partial charge in [-0.25, -0.2) is 14.8 Å². The smallest absolute Gasteiger partial charge is 0.346 e. The zero-order chi connectivity index (χ0) is 12.6. The summed E-state index contributed by atoms with van der Waals surface area (Å²) >= 11 is 2.84. The minimum atomic E-state index is -0.897. The lowest BCUT2D eigenvalue weighted by Gasteiger charge is -2.05. The van der Waals surface area contributed by atoms with Crippen molar-refractivity contribution in [1.82, 2.24) is 9.97 Å². The van der Waals surface area contributed by atoms with Crippen LogP contribution in [0.15, 0.2) is 11.4 Å². The minimum absolute atomic E-state index is 0.353. The summed E-state index contributed by atoms with van der Waals surface area (Å²) in [4.78, 5) is 20.6. The zero-order valence-corrected chi connectivity index (χ0v) is 11.4. The van der Waals surface area contributed by atoms with Gasteiger partial charge in [-0.3, -0.25) is 0 Å². The highest BCUT2D eigenvalue weighted by molar-refractivity contribution is 8.00. The molecule has 4 nitrogen and oxygen atoms in total. The van der Waals surface area contributed by atoms with Gasteiger partial charge in [0.1, 0.15) is 21.1 Å². The molecule has 0 bridgehead atoms. The summed E-state index contributed by atoms with van der Waals surface area (Å²) < 4.78 is 0. The van der Waals surface area contributed by atoms with Crippen molar-refractivity contribution in [3.8, 4) is 0 Å². The molecular weight excluding hydrogens is 256 g/mol. The van der Waals surface area contributed by atoms with Crippen molar-refractivity contribution >= 4 is 39.3 Å². The van der Waals surface area contributed by atoms with Crippen LogP contribution in [0.5, 0.6) is 0 Å². The first kappa shape index (κ1) is 12.3. The zero-order valence-electron chi connectivity index (χ0n) is 9.72. The van der Waals surface area contributed by atoms with E-state index in [9.17, 15) is 4.79 Å². The molecule has 0 unspecified atom stereocenters. The summed E-state index contributed by atoms with van der Waals surface area (Å²) in [6.45, 7) is 5.98. The number of carboxylic acid groups (broad SMARTS) is 1. The molecule has 0 aliphatic rings. The van der Waals surface area contributed by atoms with Crippen LogP contribution >= 0.6 is 23.1 Å². The third kappa shape index (κ3) is 2.28. The van der Waals surface area contributed by atoms with E-state index < -0.39 is 5.97 Å². The summed E-state index contributed by atoms with van der Waals surface area (Å²) in [5.41, 5.74) is 0.765. The van der Waals surface area contributed by atoms with Crippen LogP contribution in [0.2, 0.25) is 0 Å². The van der Waals surface area contributed by atoms with Gasteiger partial charge in [-0.2, -0.15) is 0 Å². The summed E-state index contributed by atoms with van der Waals surface area (Å²) in [5.74, 6) is -0.897. The van der Waals surface area contributed by atoms with E-state index in [1.165, 1.54) is 17.7 Å². The Morgan fingerprint density at radius 1 is 1.47 bits per heavy atom. The number of fused-ring (bicyclic) bond motifs is 1. The maximum absolute atomic E-state index is 11.1. The van der Waals surface area contributed by atoms with Gasteiger partial charge in [-0.1, -0.05) is 13.8 Å². The van der Waals surface area contributed by atoms with E-state index in [0.29, 0.717) is 10.1 Å². The quantitative estimate of drug-likeness (QED) is 0.684. The SMILES string of the molecule is Cc1c(C(=O)O)sc2ncnc(SC(C)C)c12. The highest BCUT2D eigenvalue weighted by atomic mass is 32.2. The number of hydrogen-bond acceptors (Lipinski definition) is 5. The van der Waals surface area contributed by atoms with Crippen molar-refractivity contribution in [3.63, 3.8) is 0 Å². The molecule has 0 aliphatic carbocycles. The molecule has 0 aliphatic heterocycles. The molecule has 0 aromatic carbocycles. The second kappa shape index (κ2) is 4.62. The molecule has 2 rings (SSSR count). The van der Waals surface area contributed by atoms with Gasteiger partial charge in [0.15, 0.2) is 0 Å². The average Bonchev–Trinajstić information content (AvgIpc) is 2.56. The van der Waals surface area contributed by atoms with Gasteiger partial charge in [0.25, 0.3) is 0 Å². The molecule has 90 valence electrons. The number of carbonyl (C=O) groups is 1. The number of rotatable bonds is 3. The van der Waals surface area contributed by atoms with Gasteiger partial charge >= 0.3 is 5.97 Å². The van der Waals surface area contributed by atoms with Crippen molar-refractivity contribution in [1.29, 1.82) is 0 Å². The van der Waals surface area contributed by atoms with Gasteiger partial charge in [-0.05, 0) is 12.5 Å². The maximum Gasteiger partial charge on any atom is 0.346 e. The van der Waals surface area contributed by atoms with Crippen LogP contribution in [0.3, 0.4) is 0 Å². The number of nitrogens with zero attached hydrogens (tertiary/aromatic N) is 2. The Bertz CT molecular complexity index is 578. The number of hydrogen-bond donors (Lipinski definition) is 1. The van der Waals surface area contributed by atoms with Gasteiger partial charge in [0.2, 0.25) is 0 Å². The van der Waals surface area contributed by atoms with E-state index >= 15 is 0 Å². The molecule has 2 heterocycles. The minimum Gasteiger partial charge on any atom is -0.477 e. The van der Waals surface area contributed by atoms with Crippen molar-refractivity contribution < 1.29 is 9.90 Å². The number of carboxylic acids is 1. The Hall–Kier alpha value is -1.14. The fourth-order valence-corrected chi connectivity index (χ4v) is 3.53. The molecule has 2 aromatic rings. The molecule has 0 fully saturated rings.